The molecule has 128 valence electrons. The summed E-state index contributed by atoms with van der Waals surface area (Å²) in [7, 11) is 0. The van der Waals surface area contributed by atoms with E-state index in [9.17, 15) is 14.0 Å². The van der Waals surface area contributed by atoms with Crippen LogP contribution in [0.25, 0.3) is 5.69 Å². The van der Waals surface area contributed by atoms with Crippen molar-refractivity contribution in [1.29, 1.82) is 0 Å². The lowest BCUT2D eigenvalue weighted by atomic mass is 10.1. The van der Waals surface area contributed by atoms with Crippen LogP contribution in [-0.2, 0) is 4.79 Å². The molecule has 7 heteroatoms. The molecule has 2 rings (SSSR count). The molecule has 1 heterocycles. The number of hydrogen-bond donors (Lipinski definition) is 1. The van der Waals surface area contributed by atoms with Gasteiger partial charge in [-0.15, -0.1) is 0 Å². The highest BCUT2D eigenvalue weighted by molar-refractivity contribution is 5.98. The number of carboxylic acid groups (broad SMARTS) is 1. The Labute approximate surface area is 139 Å². The number of rotatable bonds is 6. The summed E-state index contributed by atoms with van der Waals surface area (Å²) in [5, 5.41) is 13.4. The van der Waals surface area contributed by atoms with Gasteiger partial charge in [0.25, 0.3) is 5.91 Å². The molecule has 0 unspecified atom stereocenters. The van der Waals surface area contributed by atoms with E-state index in [1.807, 2.05) is 6.92 Å². The van der Waals surface area contributed by atoms with Crippen LogP contribution in [0.3, 0.4) is 0 Å². The Balaban J connectivity index is 2.41. The highest BCUT2D eigenvalue weighted by Crippen LogP contribution is 2.20. The lowest BCUT2D eigenvalue weighted by Gasteiger charge is -2.20. The van der Waals surface area contributed by atoms with Crippen LogP contribution in [0.5, 0.6) is 0 Å². The minimum atomic E-state index is -1.06. The molecule has 0 fully saturated rings. The summed E-state index contributed by atoms with van der Waals surface area (Å²) in [6, 6.07) is 5.79. The molecular formula is C17H20FN3O3. The first-order valence-corrected chi connectivity index (χ1v) is 7.68. The van der Waals surface area contributed by atoms with Gasteiger partial charge in [0.05, 0.1) is 22.6 Å². The van der Waals surface area contributed by atoms with Gasteiger partial charge in [0.1, 0.15) is 12.4 Å². The average Bonchev–Trinajstić information content (AvgIpc) is 2.81. The standard InChI is InChI=1S/C17H20FN3O3/c1-4-9-20(10-15(22)23)17(24)16-11(2)19-21(12(16)3)14-7-5-13(18)6-8-14/h5-8H,4,9-10H2,1-3H3,(H,22,23). The predicted molar refractivity (Wildman–Crippen MR) is 86.8 cm³/mol. The zero-order chi connectivity index (χ0) is 17.9. The van der Waals surface area contributed by atoms with Crippen LogP contribution in [0, 0.1) is 19.7 Å². The molecule has 24 heavy (non-hydrogen) atoms. The van der Waals surface area contributed by atoms with Crippen LogP contribution in [0.2, 0.25) is 0 Å². The van der Waals surface area contributed by atoms with Crippen LogP contribution < -0.4 is 0 Å². The van der Waals surface area contributed by atoms with Gasteiger partial charge < -0.3 is 10.0 Å². The Morgan fingerprint density at radius 3 is 2.42 bits per heavy atom. The molecule has 2 aromatic rings. The van der Waals surface area contributed by atoms with E-state index in [1.165, 1.54) is 17.0 Å². The molecule has 0 aliphatic carbocycles. The second-order valence-electron chi connectivity index (χ2n) is 5.55. The third-order valence-electron chi connectivity index (χ3n) is 3.68. The first kappa shape index (κ1) is 17.7. The van der Waals surface area contributed by atoms with Crippen molar-refractivity contribution in [2.45, 2.75) is 27.2 Å². The van der Waals surface area contributed by atoms with E-state index in [1.54, 1.807) is 30.7 Å². The Hall–Kier alpha value is -2.70. The van der Waals surface area contributed by atoms with Gasteiger partial charge in [-0.3, -0.25) is 9.59 Å². The zero-order valence-corrected chi connectivity index (χ0v) is 13.9. The fourth-order valence-corrected chi connectivity index (χ4v) is 2.63. The van der Waals surface area contributed by atoms with Crippen LogP contribution >= 0.6 is 0 Å². The number of nitrogens with zero attached hydrogens (tertiary/aromatic N) is 3. The van der Waals surface area contributed by atoms with E-state index in [2.05, 4.69) is 5.10 Å². The number of aliphatic carboxylic acids is 1. The molecule has 6 nitrogen and oxygen atoms in total. The fourth-order valence-electron chi connectivity index (χ4n) is 2.63. The van der Waals surface area contributed by atoms with Crippen molar-refractivity contribution >= 4 is 11.9 Å². The van der Waals surface area contributed by atoms with Crippen molar-refractivity contribution < 1.29 is 19.1 Å². The number of carboxylic acids is 1. The molecule has 0 saturated carbocycles. The van der Waals surface area contributed by atoms with Gasteiger partial charge >= 0.3 is 5.97 Å². The van der Waals surface area contributed by atoms with Gasteiger partial charge in [-0.1, -0.05) is 6.92 Å². The zero-order valence-electron chi connectivity index (χ0n) is 13.9. The summed E-state index contributed by atoms with van der Waals surface area (Å²) >= 11 is 0. The molecule has 1 aromatic carbocycles. The van der Waals surface area contributed by atoms with Crippen molar-refractivity contribution in [2.24, 2.45) is 0 Å². The Bertz CT molecular complexity index is 753. The molecule has 0 radical (unpaired) electrons. The molecule has 1 N–H and O–H groups in total. The Morgan fingerprint density at radius 2 is 1.88 bits per heavy atom. The van der Waals surface area contributed by atoms with E-state index in [0.717, 1.165) is 0 Å². The third kappa shape index (κ3) is 3.61. The number of hydrogen-bond acceptors (Lipinski definition) is 3. The number of carbonyl (C=O) groups excluding carboxylic acids is 1. The largest absolute Gasteiger partial charge is 0.480 e. The van der Waals surface area contributed by atoms with Crippen LogP contribution in [-0.4, -0.2) is 44.8 Å². The van der Waals surface area contributed by atoms with Crippen molar-refractivity contribution in [3.63, 3.8) is 0 Å². The highest BCUT2D eigenvalue weighted by atomic mass is 19.1. The number of aryl methyl sites for hydroxylation is 1. The molecule has 1 aromatic heterocycles. The normalized spacial score (nSPS) is 10.7. The highest BCUT2D eigenvalue weighted by Gasteiger charge is 2.25. The number of halogens is 1. The summed E-state index contributed by atoms with van der Waals surface area (Å²) in [6.45, 7) is 5.31. The van der Waals surface area contributed by atoms with Crippen LogP contribution in [0.4, 0.5) is 4.39 Å². The molecule has 0 aliphatic heterocycles. The van der Waals surface area contributed by atoms with Crippen molar-refractivity contribution in [2.75, 3.05) is 13.1 Å². The molecule has 0 bridgehead atoms. The smallest absolute Gasteiger partial charge is 0.323 e. The van der Waals surface area contributed by atoms with Crippen molar-refractivity contribution in [3.8, 4) is 5.69 Å². The molecule has 0 saturated heterocycles. The fraction of sp³-hybridized carbons (Fsp3) is 0.353. The second-order valence-corrected chi connectivity index (χ2v) is 5.55. The van der Waals surface area contributed by atoms with Crippen LogP contribution in [0.1, 0.15) is 35.1 Å². The third-order valence-corrected chi connectivity index (χ3v) is 3.68. The first-order chi connectivity index (χ1) is 11.3. The summed E-state index contributed by atoms with van der Waals surface area (Å²) < 4.78 is 14.6. The van der Waals surface area contributed by atoms with E-state index >= 15 is 0 Å². The summed E-state index contributed by atoms with van der Waals surface area (Å²) in [5.41, 5.74) is 2.12. The summed E-state index contributed by atoms with van der Waals surface area (Å²) in [5.74, 6) is -1.77. The number of amides is 1. The molecule has 0 atom stereocenters. The first-order valence-electron chi connectivity index (χ1n) is 7.68. The minimum Gasteiger partial charge on any atom is -0.480 e. The summed E-state index contributed by atoms with van der Waals surface area (Å²) in [6.07, 6.45) is 0.656. The van der Waals surface area contributed by atoms with Crippen molar-refractivity contribution in [3.05, 3.63) is 47.0 Å². The monoisotopic (exact) mass is 333 g/mol. The number of aromatic nitrogens is 2. The predicted octanol–water partition coefficient (Wildman–Crippen LogP) is 2.57. The average molecular weight is 333 g/mol. The van der Waals surface area contributed by atoms with Gasteiger partial charge in [0, 0.05) is 6.54 Å². The lowest BCUT2D eigenvalue weighted by Crippen LogP contribution is -2.36. The topological polar surface area (TPSA) is 75.4 Å². The van der Waals surface area contributed by atoms with E-state index in [0.29, 0.717) is 35.6 Å². The minimum absolute atomic E-state index is 0.353. The van der Waals surface area contributed by atoms with Gasteiger partial charge in [0.15, 0.2) is 0 Å². The van der Waals surface area contributed by atoms with Crippen molar-refractivity contribution in [1.82, 2.24) is 14.7 Å². The lowest BCUT2D eigenvalue weighted by molar-refractivity contribution is -0.137. The number of carbonyl (C=O) groups is 2. The molecule has 1 amide bonds. The van der Waals surface area contributed by atoms with E-state index < -0.39 is 5.97 Å². The molecular weight excluding hydrogens is 313 g/mol. The summed E-state index contributed by atoms with van der Waals surface area (Å²) in [4.78, 5) is 25.1. The van der Waals surface area contributed by atoms with Crippen LogP contribution in [0.15, 0.2) is 24.3 Å². The van der Waals surface area contributed by atoms with Gasteiger partial charge in [0.2, 0.25) is 0 Å². The Morgan fingerprint density at radius 1 is 1.25 bits per heavy atom. The van der Waals surface area contributed by atoms with E-state index in [4.69, 9.17) is 5.11 Å². The maximum absolute atomic E-state index is 13.1. The van der Waals surface area contributed by atoms with Gasteiger partial charge in [-0.2, -0.15) is 5.10 Å². The maximum atomic E-state index is 13.1. The van der Waals surface area contributed by atoms with Gasteiger partial charge in [-0.05, 0) is 44.5 Å². The quantitative estimate of drug-likeness (QED) is 0.881. The van der Waals surface area contributed by atoms with Gasteiger partial charge in [-0.25, -0.2) is 9.07 Å². The Kier molecular flexibility index (Phi) is 5.33. The second kappa shape index (κ2) is 7.25. The SMILES string of the molecule is CCCN(CC(=O)O)C(=O)c1c(C)nn(-c2ccc(F)cc2)c1C. The maximum Gasteiger partial charge on any atom is 0.323 e. The number of benzene rings is 1. The molecule has 0 spiro atoms. The van der Waals surface area contributed by atoms with E-state index in [-0.39, 0.29) is 18.3 Å². The molecule has 0 aliphatic rings.